The number of aromatic nitrogens is 1. The molecular weight excluding hydrogens is 273 g/mol. The maximum atomic E-state index is 13.7. The van der Waals surface area contributed by atoms with E-state index in [0.717, 1.165) is 12.1 Å². The molecule has 1 N–H and O–H groups in total. The number of benzene rings is 1. The molecule has 1 heterocycles. The Morgan fingerprint density at radius 3 is 2.32 bits per heavy atom. The zero-order chi connectivity index (χ0) is 14.0. The molecule has 0 atom stereocenters. The van der Waals surface area contributed by atoms with Gasteiger partial charge in [0.1, 0.15) is 5.82 Å². The molecule has 0 radical (unpaired) electrons. The van der Waals surface area contributed by atoms with Crippen LogP contribution in [0.3, 0.4) is 0 Å². The minimum Gasteiger partial charge on any atom is -0.350 e. The van der Waals surface area contributed by atoms with Crippen molar-refractivity contribution < 1.29 is 17.4 Å². The molecule has 2 rings (SSSR count). The molecule has 0 bridgehead atoms. The third-order valence-corrected chi connectivity index (χ3v) is 3.39. The van der Waals surface area contributed by atoms with Crippen molar-refractivity contribution >= 4 is 10.1 Å². The van der Waals surface area contributed by atoms with E-state index < -0.39 is 20.8 Å². The van der Waals surface area contributed by atoms with Crippen LogP contribution < -0.4 is 5.43 Å². The van der Waals surface area contributed by atoms with Crippen LogP contribution in [0, 0.1) is 5.82 Å². The highest BCUT2D eigenvalue weighted by Gasteiger charge is 2.12. The van der Waals surface area contributed by atoms with Gasteiger partial charge in [-0.2, -0.15) is 8.42 Å². The van der Waals surface area contributed by atoms with Crippen molar-refractivity contribution in [2.24, 2.45) is 0 Å². The lowest BCUT2D eigenvalue weighted by Gasteiger charge is -2.07. The van der Waals surface area contributed by atoms with Gasteiger partial charge in [0.2, 0.25) is 0 Å². The summed E-state index contributed by atoms with van der Waals surface area (Å²) in [5.41, 5.74) is 0.0921. The number of rotatable bonds is 3. The highest BCUT2D eigenvalue weighted by Crippen LogP contribution is 2.15. The first-order valence-corrected chi connectivity index (χ1v) is 6.72. The average Bonchev–Trinajstić information content (AvgIpc) is 2.33. The fourth-order valence-corrected chi connectivity index (χ4v) is 2.05. The van der Waals surface area contributed by atoms with E-state index in [2.05, 4.69) is 0 Å². The maximum absolute atomic E-state index is 13.7. The number of hydrogen-bond acceptors (Lipinski definition) is 3. The van der Waals surface area contributed by atoms with Crippen LogP contribution in [0.25, 0.3) is 0 Å². The van der Waals surface area contributed by atoms with Gasteiger partial charge in [0, 0.05) is 36.6 Å². The predicted molar refractivity (Wildman–Crippen MR) is 66.0 cm³/mol. The summed E-state index contributed by atoms with van der Waals surface area (Å²) in [5, 5.41) is 0. The zero-order valence-electron chi connectivity index (χ0n) is 9.65. The summed E-state index contributed by atoms with van der Waals surface area (Å²) in [5.74, 6) is -0.742. The Balaban J connectivity index is 2.32. The van der Waals surface area contributed by atoms with Gasteiger partial charge in [-0.1, -0.05) is 6.07 Å². The molecule has 0 aliphatic rings. The van der Waals surface area contributed by atoms with Gasteiger partial charge in [-0.05, 0) is 12.1 Å². The standard InChI is InChI=1S/C12H10FNO4S/c13-12-7-11(19(16,17)18)2-1-9(12)8-14-5-3-10(15)4-6-14/h1-7H,8H2,(H,16,17,18). The zero-order valence-corrected chi connectivity index (χ0v) is 10.5. The van der Waals surface area contributed by atoms with E-state index in [4.69, 9.17) is 4.55 Å². The van der Waals surface area contributed by atoms with Gasteiger partial charge in [-0.15, -0.1) is 0 Å². The molecule has 0 fully saturated rings. The molecule has 0 spiro atoms. The third kappa shape index (κ3) is 3.27. The molecule has 0 unspecified atom stereocenters. The first kappa shape index (κ1) is 13.4. The molecule has 7 heteroatoms. The van der Waals surface area contributed by atoms with Crippen molar-refractivity contribution in [2.75, 3.05) is 0 Å². The Hall–Kier alpha value is -1.99. The van der Waals surface area contributed by atoms with Crippen LogP contribution >= 0.6 is 0 Å². The van der Waals surface area contributed by atoms with E-state index in [9.17, 15) is 17.6 Å². The van der Waals surface area contributed by atoms with Crippen molar-refractivity contribution in [3.05, 3.63) is 64.3 Å². The Morgan fingerprint density at radius 2 is 1.79 bits per heavy atom. The lowest BCUT2D eigenvalue weighted by molar-refractivity contribution is 0.481. The van der Waals surface area contributed by atoms with E-state index in [1.165, 1.54) is 30.6 Å². The van der Waals surface area contributed by atoms with Crippen LogP contribution in [0.4, 0.5) is 4.39 Å². The van der Waals surface area contributed by atoms with Crippen LogP contribution in [0.5, 0.6) is 0 Å². The lowest BCUT2D eigenvalue weighted by atomic mass is 10.2. The van der Waals surface area contributed by atoms with E-state index in [1.54, 1.807) is 4.57 Å². The van der Waals surface area contributed by atoms with Gasteiger partial charge < -0.3 is 4.57 Å². The summed E-state index contributed by atoms with van der Waals surface area (Å²) in [4.78, 5) is 10.4. The molecule has 0 aliphatic heterocycles. The van der Waals surface area contributed by atoms with Gasteiger partial charge in [0.05, 0.1) is 4.90 Å². The molecule has 1 aromatic carbocycles. The molecule has 0 amide bonds. The van der Waals surface area contributed by atoms with E-state index >= 15 is 0 Å². The van der Waals surface area contributed by atoms with Crippen molar-refractivity contribution in [3.8, 4) is 0 Å². The van der Waals surface area contributed by atoms with Crippen LogP contribution in [-0.2, 0) is 16.7 Å². The molecular formula is C12H10FNO4S. The Morgan fingerprint density at radius 1 is 1.16 bits per heavy atom. The van der Waals surface area contributed by atoms with Gasteiger partial charge in [-0.25, -0.2) is 4.39 Å². The smallest absolute Gasteiger partial charge is 0.294 e. The monoisotopic (exact) mass is 283 g/mol. The number of pyridine rings is 1. The quantitative estimate of drug-likeness (QED) is 0.861. The van der Waals surface area contributed by atoms with Crippen molar-refractivity contribution in [3.63, 3.8) is 0 Å². The van der Waals surface area contributed by atoms with Gasteiger partial charge in [-0.3, -0.25) is 9.35 Å². The molecule has 5 nitrogen and oxygen atoms in total. The highest BCUT2D eigenvalue weighted by molar-refractivity contribution is 7.85. The number of halogens is 1. The fraction of sp³-hybridized carbons (Fsp3) is 0.0833. The van der Waals surface area contributed by atoms with Crippen LogP contribution in [-0.4, -0.2) is 17.5 Å². The number of hydrogen-bond donors (Lipinski definition) is 1. The normalized spacial score (nSPS) is 11.5. The first-order valence-electron chi connectivity index (χ1n) is 5.28. The molecule has 0 saturated carbocycles. The highest BCUT2D eigenvalue weighted by atomic mass is 32.2. The SMILES string of the molecule is O=c1ccn(Cc2ccc(S(=O)(=O)O)cc2F)cc1. The first-order chi connectivity index (χ1) is 8.86. The fourth-order valence-electron chi connectivity index (χ4n) is 1.56. The number of nitrogens with zero attached hydrogens (tertiary/aromatic N) is 1. The van der Waals surface area contributed by atoms with Crippen LogP contribution in [0.2, 0.25) is 0 Å². The average molecular weight is 283 g/mol. The maximum Gasteiger partial charge on any atom is 0.294 e. The van der Waals surface area contributed by atoms with E-state index in [-0.39, 0.29) is 17.5 Å². The molecule has 100 valence electrons. The topological polar surface area (TPSA) is 76.4 Å². The largest absolute Gasteiger partial charge is 0.350 e. The Bertz CT molecular complexity index is 747. The molecule has 1 aromatic heterocycles. The molecule has 0 aliphatic carbocycles. The molecule has 2 aromatic rings. The predicted octanol–water partition coefficient (Wildman–Crippen LogP) is 1.28. The van der Waals surface area contributed by atoms with Crippen molar-refractivity contribution in [1.82, 2.24) is 4.57 Å². The molecule has 19 heavy (non-hydrogen) atoms. The summed E-state index contributed by atoms with van der Waals surface area (Å²) in [6.07, 6.45) is 3.00. The minimum absolute atomic E-state index is 0.151. The van der Waals surface area contributed by atoms with Gasteiger partial charge >= 0.3 is 0 Å². The second-order valence-corrected chi connectivity index (χ2v) is 5.36. The summed E-state index contributed by atoms with van der Waals surface area (Å²) in [6.45, 7) is 0.151. The van der Waals surface area contributed by atoms with Crippen molar-refractivity contribution in [1.29, 1.82) is 0 Å². The minimum atomic E-state index is -4.41. The van der Waals surface area contributed by atoms with Gasteiger partial charge in [0.15, 0.2) is 5.43 Å². The lowest BCUT2D eigenvalue weighted by Crippen LogP contribution is -2.07. The summed E-state index contributed by atoms with van der Waals surface area (Å²) >= 11 is 0. The van der Waals surface area contributed by atoms with Crippen LogP contribution in [0.1, 0.15) is 5.56 Å². The summed E-state index contributed by atoms with van der Waals surface area (Å²) in [7, 11) is -4.41. The Labute approximate surface area is 108 Å². The second kappa shape index (κ2) is 4.94. The van der Waals surface area contributed by atoms with E-state index in [1.807, 2.05) is 0 Å². The second-order valence-electron chi connectivity index (χ2n) is 3.93. The van der Waals surface area contributed by atoms with Gasteiger partial charge in [0.25, 0.3) is 10.1 Å². The van der Waals surface area contributed by atoms with Crippen LogP contribution in [0.15, 0.2) is 52.4 Å². The summed E-state index contributed by atoms with van der Waals surface area (Å²) < 4.78 is 45.7. The third-order valence-electron chi connectivity index (χ3n) is 2.54. The molecule has 0 saturated heterocycles. The van der Waals surface area contributed by atoms with E-state index in [0.29, 0.717) is 0 Å². The summed E-state index contributed by atoms with van der Waals surface area (Å²) in [6, 6.07) is 5.83. The Kier molecular flexibility index (Phi) is 3.50. The van der Waals surface area contributed by atoms with Crippen molar-refractivity contribution in [2.45, 2.75) is 11.4 Å².